The first-order valence-corrected chi connectivity index (χ1v) is 32.9. The van der Waals surface area contributed by atoms with E-state index < -0.39 is 73.6 Å². The van der Waals surface area contributed by atoms with Gasteiger partial charge >= 0.3 is 0 Å². The Labute approximate surface area is 541 Å². The number of nitrogens with one attached hydrogen (secondary N) is 8. The Morgan fingerprint density at radius 1 is 0.611 bits per heavy atom. The van der Waals surface area contributed by atoms with Gasteiger partial charge in [-0.15, -0.1) is 0 Å². The largest absolute Gasteiger partial charge is 0.348 e. The van der Waals surface area contributed by atoms with Gasteiger partial charge in [-0.05, 0) is 120 Å². The van der Waals surface area contributed by atoms with Gasteiger partial charge in [0.05, 0.1) is 63.8 Å². The standard InChI is InChI=1S/C60H68Cl4N14O10S2/c1-35(2)52-54(70-58(82)51-46(63)19-10-20-47(51)64)56(74-72-52)60(84)67-37-23-28-77(29-24-37)89(85,86)42-15-7-13-38(32-42)65-49(80)22-12-27-76(6)34-41-31-40(68-59(83)55-53(36(3)71-73-55)69-57(81)50-44(61)17-9-18-45(50)62)25-30-78(41)90(87,88)43-16-8-14-39(33-43)66-48(79)21-11-26-75(4)5/h7-22,32-33,35,37,40-41H,23-31,34H2,1-6H3,(H,65,80)(H,66,79)(H,67,84)(H,68,83)(H,69,81)(H,70,82)(H,71,73)(H,72,74)/b21-11+,22-12+. The highest BCUT2D eigenvalue weighted by Gasteiger charge is 2.39. The third-order valence-corrected chi connectivity index (χ3v) is 19.9. The molecule has 0 saturated carbocycles. The zero-order valence-electron chi connectivity index (χ0n) is 49.9. The number of aromatic amines is 2. The van der Waals surface area contributed by atoms with Crippen LogP contribution in [0.15, 0.2) is 119 Å². The summed E-state index contributed by atoms with van der Waals surface area (Å²) < 4.78 is 60.0. The van der Waals surface area contributed by atoms with E-state index in [1.54, 1.807) is 55.3 Å². The summed E-state index contributed by atoms with van der Waals surface area (Å²) in [7, 11) is -2.89. The number of rotatable bonds is 23. The van der Waals surface area contributed by atoms with Crippen molar-refractivity contribution in [2.75, 3.05) is 81.7 Å². The van der Waals surface area contributed by atoms with Crippen molar-refractivity contribution >= 4 is 125 Å². The number of aromatic nitrogens is 4. The number of benzene rings is 4. The zero-order valence-corrected chi connectivity index (χ0v) is 54.5. The van der Waals surface area contributed by atoms with E-state index in [9.17, 15) is 45.6 Å². The molecule has 2 aliphatic heterocycles. The van der Waals surface area contributed by atoms with Gasteiger partial charge in [-0.2, -0.15) is 18.8 Å². The fraction of sp³-hybridized carbons (Fsp3) is 0.333. The monoisotopic (exact) mass is 1350 g/mol. The van der Waals surface area contributed by atoms with Crippen molar-refractivity contribution in [3.05, 3.63) is 163 Å². The molecule has 478 valence electrons. The molecule has 4 aromatic carbocycles. The average Bonchev–Trinajstić information content (AvgIpc) is 1.73. The van der Waals surface area contributed by atoms with E-state index in [2.05, 4.69) is 52.3 Å². The minimum absolute atomic E-state index is 0.000933. The summed E-state index contributed by atoms with van der Waals surface area (Å²) in [6.45, 7) is 6.19. The van der Waals surface area contributed by atoms with Crippen LogP contribution in [0.25, 0.3) is 0 Å². The van der Waals surface area contributed by atoms with Gasteiger partial charge in [0.2, 0.25) is 31.9 Å². The van der Waals surface area contributed by atoms with Crippen LogP contribution in [0.3, 0.4) is 0 Å². The molecule has 2 saturated heterocycles. The van der Waals surface area contributed by atoms with Crippen LogP contribution in [0.2, 0.25) is 20.1 Å². The predicted molar refractivity (Wildman–Crippen MR) is 347 cm³/mol. The molecule has 2 aromatic heterocycles. The molecule has 24 nitrogen and oxygen atoms in total. The van der Waals surface area contributed by atoms with E-state index in [0.29, 0.717) is 17.9 Å². The summed E-state index contributed by atoms with van der Waals surface area (Å²) in [6, 6.07) is 19.2. The first-order valence-electron chi connectivity index (χ1n) is 28.5. The highest BCUT2D eigenvalue weighted by molar-refractivity contribution is 7.89. The van der Waals surface area contributed by atoms with Gasteiger partial charge in [0.1, 0.15) is 0 Å². The lowest BCUT2D eigenvalue weighted by Gasteiger charge is -2.40. The van der Waals surface area contributed by atoms with Crippen LogP contribution in [0, 0.1) is 6.92 Å². The smallest absolute Gasteiger partial charge is 0.274 e. The molecule has 2 fully saturated rings. The number of halogens is 4. The average molecular weight is 1350 g/mol. The van der Waals surface area contributed by atoms with Crippen LogP contribution in [0.1, 0.15) is 98.5 Å². The molecule has 4 heterocycles. The van der Waals surface area contributed by atoms with E-state index in [1.807, 2.05) is 32.8 Å². The first-order chi connectivity index (χ1) is 42.7. The summed E-state index contributed by atoms with van der Waals surface area (Å²) >= 11 is 25.2. The van der Waals surface area contributed by atoms with Crippen LogP contribution in [-0.2, 0) is 29.6 Å². The van der Waals surface area contributed by atoms with E-state index >= 15 is 0 Å². The SMILES string of the molecule is Cc1[nH]nc(C(=O)NC2CCN(S(=O)(=O)c3cccc(NC(=O)/C=C/CN(C)C)c3)C(CN(C)C/C=C/C(=O)Nc3cccc(S(=O)(=O)N4CCC(NC(=O)c5n[nH]c(C(C)C)c5NC(=O)c5c(Cl)cccc5Cl)CC4)c3)C2)c1NC(=O)c1c(Cl)cccc1Cl. The van der Waals surface area contributed by atoms with Gasteiger partial charge in [-0.3, -0.25) is 39.0 Å². The summed E-state index contributed by atoms with van der Waals surface area (Å²) in [5.74, 6) is -3.73. The van der Waals surface area contributed by atoms with Gasteiger partial charge in [0, 0.05) is 80.9 Å². The number of anilines is 4. The molecular weight excluding hydrogens is 1280 g/mol. The van der Waals surface area contributed by atoms with Crippen LogP contribution in [-0.4, -0.2) is 170 Å². The molecule has 6 aromatic rings. The van der Waals surface area contributed by atoms with Gasteiger partial charge in [0.25, 0.3) is 23.6 Å². The van der Waals surface area contributed by atoms with Gasteiger partial charge in [0.15, 0.2) is 11.4 Å². The molecule has 30 heteroatoms. The highest BCUT2D eigenvalue weighted by atomic mass is 35.5. The molecule has 2 aliphatic rings. The van der Waals surface area contributed by atoms with E-state index in [0.717, 1.165) is 0 Å². The number of aryl methyl sites for hydroxylation is 1. The van der Waals surface area contributed by atoms with Crippen LogP contribution in [0.4, 0.5) is 22.7 Å². The molecule has 0 spiro atoms. The number of nitrogens with zero attached hydrogens (tertiary/aromatic N) is 6. The normalized spacial score (nSPS) is 16.2. The molecular formula is C60H68Cl4N14O10S2. The number of sulfonamides is 2. The van der Waals surface area contributed by atoms with Crippen molar-refractivity contribution in [1.82, 2.24) is 49.4 Å². The third-order valence-electron chi connectivity index (χ3n) is 14.8. The maximum atomic E-state index is 14.6. The summed E-state index contributed by atoms with van der Waals surface area (Å²) in [5, 5.41) is 31.2. The van der Waals surface area contributed by atoms with Gasteiger partial charge < -0.3 is 41.7 Å². The Morgan fingerprint density at radius 3 is 1.61 bits per heavy atom. The van der Waals surface area contributed by atoms with E-state index in [1.165, 1.54) is 81.4 Å². The molecule has 0 bridgehead atoms. The van der Waals surface area contributed by atoms with Crippen molar-refractivity contribution < 1.29 is 45.6 Å². The first kappa shape index (κ1) is 68.4. The second kappa shape index (κ2) is 30.1. The highest BCUT2D eigenvalue weighted by Crippen LogP contribution is 2.33. The van der Waals surface area contributed by atoms with Crippen molar-refractivity contribution in [3.8, 4) is 0 Å². The number of hydrogen-bond donors (Lipinski definition) is 8. The fourth-order valence-electron chi connectivity index (χ4n) is 10.2. The van der Waals surface area contributed by atoms with Crippen LogP contribution < -0.4 is 31.9 Å². The summed E-state index contributed by atoms with van der Waals surface area (Å²) in [6.07, 6.45) is 6.68. The van der Waals surface area contributed by atoms with Crippen molar-refractivity contribution in [2.24, 2.45) is 0 Å². The van der Waals surface area contributed by atoms with Crippen molar-refractivity contribution in [2.45, 2.75) is 80.3 Å². The summed E-state index contributed by atoms with van der Waals surface area (Å²) in [4.78, 5) is 84.1. The molecule has 0 aliphatic carbocycles. The van der Waals surface area contributed by atoms with Crippen molar-refractivity contribution in [1.29, 1.82) is 0 Å². The van der Waals surface area contributed by atoms with Crippen LogP contribution >= 0.6 is 46.4 Å². The van der Waals surface area contributed by atoms with Crippen molar-refractivity contribution in [3.63, 3.8) is 0 Å². The Bertz CT molecular complexity index is 3940. The Kier molecular flexibility index (Phi) is 22.9. The second-order valence-corrected chi connectivity index (χ2v) is 27.6. The zero-order chi connectivity index (χ0) is 65.2. The molecule has 2 atom stereocenters. The molecule has 8 rings (SSSR count). The maximum absolute atomic E-state index is 14.6. The minimum Gasteiger partial charge on any atom is -0.348 e. The maximum Gasteiger partial charge on any atom is 0.274 e. The Hall–Kier alpha value is -7.50. The number of piperidine rings is 2. The minimum atomic E-state index is -4.25. The Balaban J connectivity index is 0.897. The quantitative estimate of drug-likeness (QED) is 0.0279. The topological polar surface area (TPSA) is 313 Å². The Morgan fingerprint density at radius 2 is 1.08 bits per heavy atom. The lowest BCUT2D eigenvalue weighted by molar-refractivity contribution is -0.112. The number of likely N-dealkylation sites (N-methyl/N-ethyl adjacent to an activating group) is 2. The van der Waals surface area contributed by atoms with E-state index in [-0.39, 0.29) is 139 Å². The molecule has 2 unspecified atom stereocenters. The van der Waals surface area contributed by atoms with Gasteiger partial charge in [-0.25, -0.2) is 16.8 Å². The molecule has 90 heavy (non-hydrogen) atoms. The number of hydrogen-bond acceptors (Lipinski definition) is 14. The number of carbonyl (C=O) groups is 6. The van der Waals surface area contributed by atoms with Crippen LogP contribution in [0.5, 0.6) is 0 Å². The third kappa shape index (κ3) is 16.9. The number of carbonyl (C=O) groups excluding carboxylic acids is 6. The molecule has 6 amide bonds. The van der Waals surface area contributed by atoms with Gasteiger partial charge in [-0.1, -0.05) is 96.7 Å². The lowest BCUT2D eigenvalue weighted by atomic mass is 9.98. The molecule has 0 radical (unpaired) electrons. The second-order valence-electron chi connectivity index (χ2n) is 22.1. The predicted octanol–water partition coefficient (Wildman–Crippen LogP) is 8.40. The summed E-state index contributed by atoms with van der Waals surface area (Å²) in [5.41, 5.74) is 1.41. The fourth-order valence-corrected chi connectivity index (χ4v) is 14.6. The van der Waals surface area contributed by atoms with E-state index in [4.69, 9.17) is 46.4 Å². The lowest BCUT2D eigenvalue weighted by Crippen LogP contribution is -2.55. The molecule has 8 N–H and O–H groups in total. The number of H-pyrrole nitrogens is 2. The number of amides is 6.